The summed E-state index contributed by atoms with van der Waals surface area (Å²) >= 11 is 5.74. The van der Waals surface area contributed by atoms with E-state index in [2.05, 4.69) is 10.9 Å². The average molecular weight is 187 g/mol. The molecule has 3 nitrogen and oxygen atoms in total. The van der Waals surface area contributed by atoms with Crippen LogP contribution in [0.25, 0.3) is 0 Å². The number of benzene rings is 1. The molecular formula is C8H11ClN2O. The third kappa shape index (κ3) is 3.09. The van der Waals surface area contributed by atoms with E-state index < -0.39 is 0 Å². The minimum Gasteiger partial charge on any atom is -0.395 e. The van der Waals surface area contributed by atoms with Crippen molar-refractivity contribution < 1.29 is 5.11 Å². The van der Waals surface area contributed by atoms with E-state index in [1.807, 2.05) is 12.1 Å². The highest BCUT2D eigenvalue weighted by Crippen LogP contribution is 2.13. The summed E-state index contributed by atoms with van der Waals surface area (Å²) in [6.07, 6.45) is 0. The Morgan fingerprint density at radius 2 is 2.25 bits per heavy atom. The summed E-state index contributed by atoms with van der Waals surface area (Å²) in [6.45, 7) is 0.611. The molecule has 0 atom stereocenters. The third-order valence-corrected chi connectivity index (χ3v) is 1.53. The van der Waals surface area contributed by atoms with E-state index in [-0.39, 0.29) is 6.61 Å². The van der Waals surface area contributed by atoms with Gasteiger partial charge in [0.15, 0.2) is 0 Å². The van der Waals surface area contributed by atoms with E-state index in [0.29, 0.717) is 11.6 Å². The maximum atomic E-state index is 8.47. The SMILES string of the molecule is OCCNNc1cccc(Cl)c1. The van der Waals surface area contributed by atoms with Gasteiger partial charge in [-0.3, -0.25) is 0 Å². The molecule has 0 aliphatic carbocycles. The molecule has 0 unspecified atom stereocenters. The summed E-state index contributed by atoms with van der Waals surface area (Å²) in [5, 5.41) is 9.16. The molecule has 0 spiro atoms. The van der Waals surface area contributed by atoms with Crippen molar-refractivity contribution in [2.45, 2.75) is 0 Å². The van der Waals surface area contributed by atoms with Crippen LogP contribution in [0.2, 0.25) is 5.02 Å². The van der Waals surface area contributed by atoms with Gasteiger partial charge in [0.2, 0.25) is 0 Å². The van der Waals surface area contributed by atoms with Gasteiger partial charge in [0.1, 0.15) is 0 Å². The molecule has 1 aromatic carbocycles. The minimum atomic E-state index is 0.105. The lowest BCUT2D eigenvalue weighted by Crippen LogP contribution is -2.24. The smallest absolute Gasteiger partial charge is 0.0574 e. The van der Waals surface area contributed by atoms with Crippen LogP contribution in [-0.4, -0.2) is 18.3 Å². The number of aliphatic hydroxyl groups is 1. The first-order chi connectivity index (χ1) is 5.83. The molecule has 0 saturated carbocycles. The summed E-state index contributed by atoms with van der Waals surface area (Å²) in [5.41, 5.74) is 6.60. The Morgan fingerprint density at radius 3 is 2.92 bits per heavy atom. The Labute approximate surface area is 76.3 Å². The zero-order valence-corrected chi connectivity index (χ0v) is 7.30. The number of halogens is 1. The van der Waals surface area contributed by atoms with Crippen molar-refractivity contribution in [2.24, 2.45) is 0 Å². The lowest BCUT2D eigenvalue weighted by molar-refractivity contribution is 0.296. The molecule has 66 valence electrons. The Hall–Kier alpha value is -0.770. The first kappa shape index (κ1) is 9.32. The van der Waals surface area contributed by atoms with Crippen molar-refractivity contribution in [1.82, 2.24) is 5.43 Å². The van der Waals surface area contributed by atoms with Crippen molar-refractivity contribution in [1.29, 1.82) is 0 Å². The fourth-order valence-corrected chi connectivity index (χ4v) is 0.977. The van der Waals surface area contributed by atoms with E-state index in [1.54, 1.807) is 12.1 Å². The van der Waals surface area contributed by atoms with Crippen LogP contribution in [0.3, 0.4) is 0 Å². The maximum Gasteiger partial charge on any atom is 0.0574 e. The second-order valence-corrected chi connectivity index (χ2v) is 2.72. The Balaban J connectivity index is 2.41. The number of anilines is 1. The number of hydrogen-bond donors (Lipinski definition) is 3. The molecule has 0 aliphatic heterocycles. The van der Waals surface area contributed by atoms with Crippen LogP contribution in [0.5, 0.6) is 0 Å². The Kier molecular flexibility index (Phi) is 3.87. The zero-order valence-electron chi connectivity index (χ0n) is 6.55. The Morgan fingerprint density at radius 1 is 1.42 bits per heavy atom. The predicted octanol–water partition coefficient (Wildman–Crippen LogP) is 1.25. The standard InChI is InChI=1S/C8H11ClN2O/c9-7-2-1-3-8(6-7)11-10-4-5-12/h1-3,6,10-12H,4-5H2. The van der Waals surface area contributed by atoms with Gasteiger partial charge < -0.3 is 10.5 Å². The zero-order chi connectivity index (χ0) is 8.81. The fourth-order valence-electron chi connectivity index (χ4n) is 0.787. The molecule has 0 heterocycles. The van der Waals surface area contributed by atoms with Gasteiger partial charge in [0.25, 0.3) is 0 Å². The first-order valence-electron chi connectivity index (χ1n) is 3.68. The van der Waals surface area contributed by atoms with Crippen LogP contribution in [0.15, 0.2) is 24.3 Å². The average Bonchev–Trinajstić information content (AvgIpc) is 2.05. The van der Waals surface area contributed by atoms with Gasteiger partial charge in [-0.05, 0) is 18.2 Å². The van der Waals surface area contributed by atoms with Gasteiger partial charge in [0.05, 0.1) is 12.3 Å². The number of aliphatic hydroxyl groups excluding tert-OH is 1. The largest absolute Gasteiger partial charge is 0.395 e. The lowest BCUT2D eigenvalue weighted by atomic mass is 10.3. The van der Waals surface area contributed by atoms with Crippen LogP contribution >= 0.6 is 11.6 Å². The van der Waals surface area contributed by atoms with Gasteiger partial charge in [-0.1, -0.05) is 17.7 Å². The number of rotatable bonds is 4. The molecule has 4 heteroatoms. The molecule has 0 bridgehead atoms. The number of nitrogens with one attached hydrogen (secondary N) is 2. The highest BCUT2D eigenvalue weighted by molar-refractivity contribution is 6.30. The van der Waals surface area contributed by atoms with E-state index >= 15 is 0 Å². The monoisotopic (exact) mass is 186 g/mol. The van der Waals surface area contributed by atoms with Crippen molar-refractivity contribution in [3.63, 3.8) is 0 Å². The molecule has 0 fully saturated rings. The van der Waals surface area contributed by atoms with Gasteiger partial charge in [-0.15, -0.1) is 0 Å². The molecule has 0 aromatic heterocycles. The topological polar surface area (TPSA) is 44.3 Å². The van der Waals surface area contributed by atoms with Crippen LogP contribution in [0.4, 0.5) is 5.69 Å². The number of hydrogen-bond acceptors (Lipinski definition) is 3. The van der Waals surface area contributed by atoms with Crippen LogP contribution in [0, 0.1) is 0 Å². The lowest BCUT2D eigenvalue weighted by Gasteiger charge is -2.06. The molecule has 1 aromatic rings. The van der Waals surface area contributed by atoms with Crippen LogP contribution in [-0.2, 0) is 0 Å². The molecule has 1 rings (SSSR count). The molecular weight excluding hydrogens is 176 g/mol. The fraction of sp³-hybridized carbons (Fsp3) is 0.250. The molecule has 0 aliphatic rings. The van der Waals surface area contributed by atoms with Crippen LogP contribution in [0.1, 0.15) is 0 Å². The number of hydrazine groups is 1. The summed E-state index contributed by atoms with van der Waals surface area (Å²) in [5.74, 6) is 0. The summed E-state index contributed by atoms with van der Waals surface area (Å²) in [6, 6.07) is 7.34. The summed E-state index contributed by atoms with van der Waals surface area (Å²) in [7, 11) is 0. The van der Waals surface area contributed by atoms with Crippen molar-refractivity contribution in [3.05, 3.63) is 29.3 Å². The minimum absolute atomic E-state index is 0.105. The van der Waals surface area contributed by atoms with Gasteiger partial charge >= 0.3 is 0 Å². The quantitative estimate of drug-likeness (QED) is 0.490. The van der Waals surface area contributed by atoms with Crippen LogP contribution < -0.4 is 10.9 Å². The highest BCUT2D eigenvalue weighted by Gasteiger charge is 1.90. The second kappa shape index (κ2) is 4.98. The molecule has 0 saturated heterocycles. The molecule has 3 N–H and O–H groups in total. The molecule has 0 radical (unpaired) electrons. The second-order valence-electron chi connectivity index (χ2n) is 2.29. The first-order valence-corrected chi connectivity index (χ1v) is 4.06. The Bertz CT molecular complexity index is 242. The van der Waals surface area contributed by atoms with Crippen molar-refractivity contribution in [2.75, 3.05) is 18.6 Å². The third-order valence-electron chi connectivity index (χ3n) is 1.29. The van der Waals surface area contributed by atoms with E-state index in [0.717, 1.165) is 5.69 Å². The molecule has 0 amide bonds. The van der Waals surface area contributed by atoms with Crippen molar-refractivity contribution >= 4 is 17.3 Å². The van der Waals surface area contributed by atoms with E-state index in [4.69, 9.17) is 16.7 Å². The van der Waals surface area contributed by atoms with Gasteiger partial charge in [-0.2, -0.15) is 0 Å². The maximum absolute atomic E-state index is 8.47. The van der Waals surface area contributed by atoms with E-state index in [9.17, 15) is 0 Å². The normalized spacial score (nSPS) is 9.83. The molecule has 12 heavy (non-hydrogen) atoms. The summed E-state index contributed by atoms with van der Waals surface area (Å²) < 4.78 is 0. The summed E-state index contributed by atoms with van der Waals surface area (Å²) in [4.78, 5) is 0. The van der Waals surface area contributed by atoms with Crippen molar-refractivity contribution in [3.8, 4) is 0 Å². The van der Waals surface area contributed by atoms with E-state index in [1.165, 1.54) is 0 Å². The predicted molar refractivity (Wildman–Crippen MR) is 50.2 cm³/mol. The van der Waals surface area contributed by atoms with Gasteiger partial charge in [-0.25, -0.2) is 5.43 Å². The van der Waals surface area contributed by atoms with Gasteiger partial charge in [0, 0.05) is 11.6 Å². The highest BCUT2D eigenvalue weighted by atomic mass is 35.5.